The van der Waals surface area contributed by atoms with Crippen LogP contribution in [0, 0.1) is 0 Å². The second kappa shape index (κ2) is 11.1. The molecule has 0 bridgehead atoms. The predicted octanol–water partition coefficient (Wildman–Crippen LogP) is 2.25. The number of aliphatic imine (C=N–C) groups is 1. The largest absolute Gasteiger partial charge is 0.390 e. The number of halogens is 1. The fourth-order valence-corrected chi connectivity index (χ4v) is 3.60. The van der Waals surface area contributed by atoms with Crippen molar-refractivity contribution in [2.45, 2.75) is 32.4 Å². The van der Waals surface area contributed by atoms with Gasteiger partial charge in [-0.25, -0.2) is 4.98 Å². The number of hydrogen-bond donors (Lipinski definition) is 3. The third-order valence-electron chi connectivity index (χ3n) is 4.98. The third kappa shape index (κ3) is 6.99. The van der Waals surface area contributed by atoms with Crippen LogP contribution in [0.1, 0.15) is 23.6 Å². The van der Waals surface area contributed by atoms with Crippen molar-refractivity contribution in [3.63, 3.8) is 0 Å². The summed E-state index contributed by atoms with van der Waals surface area (Å²) in [6.07, 6.45) is 3.16. The van der Waals surface area contributed by atoms with E-state index in [-0.39, 0.29) is 0 Å². The molecule has 29 heavy (non-hydrogen) atoms. The first-order valence-corrected chi connectivity index (χ1v) is 10.6. The molecule has 0 radical (unpaired) electrons. The van der Waals surface area contributed by atoms with E-state index < -0.39 is 6.10 Å². The van der Waals surface area contributed by atoms with E-state index in [2.05, 4.69) is 49.8 Å². The lowest BCUT2D eigenvalue weighted by Crippen LogP contribution is -2.40. The molecule has 1 aromatic carbocycles. The number of nitrogens with one attached hydrogen (secondary N) is 2. The number of β-amino-alcohol motifs (C(OH)–C–C–N with tert-alkyl or cyclic N) is 1. The molecule has 1 atom stereocenters. The van der Waals surface area contributed by atoms with Gasteiger partial charge in [0.05, 0.1) is 12.6 Å². The zero-order chi connectivity index (χ0) is 20.5. The van der Waals surface area contributed by atoms with Crippen LogP contribution in [0.4, 0.5) is 0 Å². The van der Waals surface area contributed by atoms with Gasteiger partial charge in [0.25, 0.3) is 0 Å². The number of benzene rings is 1. The average Bonchev–Trinajstić information content (AvgIpc) is 2.73. The molecule has 0 saturated heterocycles. The maximum absolute atomic E-state index is 10.5. The molecule has 1 aromatic heterocycles. The summed E-state index contributed by atoms with van der Waals surface area (Å²) in [6.45, 7) is 6.41. The number of nitrogens with zero attached hydrogens (tertiary/aromatic N) is 3. The van der Waals surface area contributed by atoms with Crippen LogP contribution in [0.3, 0.4) is 0 Å². The van der Waals surface area contributed by atoms with Gasteiger partial charge in [-0.05, 0) is 42.5 Å². The van der Waals surface area contributed by atoms with Crippen LogP contribution in [0.2, 0.25) is 5.15 Å². The van der Waals surface area contributed by atoms with E-state index in [1.807, 2.05) is 13.0 Å². The Kier molecular flexibility index (Phi) is 8.28. The van der Waals surface area contributed by atoms with Crippen LogP contribution in [-0.4, -0.2) is 59.8 Å². The second-order valence-electron chi connectivity index (χ2n) is 7.29. The van der Waals surface area contributed by atoms with Crippen molar-refractivity contribution in [1.82, 2.24) is 20.5 Å². The van der Waals surface area contributed by atoms with E-state index in [9.17, 15) is 5.11 Å². The highest BCUT2D eigenvalue weighted by Gasteiger charge is 2.18. The molecule has 156 valence electrons. The first-order valence-electron chi connectivity index (χ1n) is 10.2. The van der Waals surface area contributed by atoms with Crippen molar-refractivity contribution in [1.29, 1.82) is 0 Å². The molecule has 3 rings (SSSR count). The van der Waals surface area contributed by atoms with Crippen LogP contribution < -0.4 is 10.6 Å². The maximum atomic E-state index is 10.5. The van der Waals surface area contributed by atoms with Gasteiger partial charge in [0.15, 0.2) is 5.96 Å². The molecule has 2 aromatic rings. The number of aliphatic hydroxyl groups excluding tert-OH is 1. The number of aliphatic hydroxyl groups is 1. The lowest BCUT2D eigenvalue weighted by Gasteiger charge is -2.30. The van der Waals surface area contributed by atoms with Gasteiger partial charge in [0, 0.05) is 38.9 Å². The molecule has 3 N–H and O–H groups in total. The normalized spacial score (nSPS) is 15.6. The zero-order valence-electron chi connectivity index (χ0n) is 16.9. The van der Waals surface area contributed by atoms with Gasteiger partial charge in [-0.3, -0.25) is 9.89 Å². The Hall–Kier alpha value is -2.15. The number of guanidine groups is 1. The van der Waals surface area contributed by atoms with Gasteiger partial charge in [0.2, 0.25) is 0 Å². The summed E-state index contributed by atoms with van der Waals surface area (Å²) >= 11 is 5.82. The molecule has 1 unspecified atom stereocenters. The number of pyridine rings is 1. The summed E-state index contributed by atoms with van der Waals surface area (Å²) in [7, 11) is 0. The molecule has 0 spiro atoms. The first kappa shape index (κ1) is 21.6. The summed E-state index contributed by atoms with van der Waals surface area (Å²) in [5, 5.41) is 17.5. The number of fused-ring (bicyclic) bond motifs is 1. The Morgan fingerprint density at radius 1 is 1.24 bits per heavy atom. The standard InChI is InChI=1S/C22H30ClN5O/c1-2-24-22(25-11-9-17-7-8-21(23)26-13-17)27-14-20(29)16-28-12-10-18-5-3-4-6-19(18)15-28/h3-8,13,20,29H,2,9-12,14-16H2,1H3,(H2,24,25,27). The summed E-state index contributed by atoms with van der Waals surface area (Å²) in [5.41, 5.74) is 3.90. The molecule has 0 amide bonds. The molecular formula is C22H30ClN5O. The highest BCUT2D eigenvalue weighted by molar-refractivity contribution is 6.29. The van der Waals surface area contributed by atoms with Crippen molar-refractivity contribution in [2.24, 2.45) is 4.99 Å². The highest BCUT2D eigenvalue weighted by Crippen LogP contribution is 2.18. The van der Waals surface area contributed by atoms with Crippen molar-refractivity contribution in [2.75, 3.05) is 32.7 Å². The minimum atomic E-state index is -0.490. The SMILES string of the molecule is CCNC(=NCC(O)CN1CCc2ccccc2C1)NCCc1ccc(Cl)nc1. The number of hydrogen-bond acceptors (Lipinski definition) is 4. The Labute approximate surface area is 178 Å². The van der Waals surface area contributed by atoms with Crippen LogP contribution in [0.5, 0.6) is 0 Å². The van der Waals surface area contributed by atoms with E-state index in [0.29, 0.717) is 18.2 Å². The Balaban J connectivity index is 1.44. The van der Waals surface area contributed by atoms with Crippen molar-refractivity contribution >= 4 is 17.6 Å². The number of rotatable bonds is 8. The minimum Gasteiger partial charge on any atom is -0.390 e. The van der Waals surface area contributed by atoms with Crippen molar-refractivity contribution in [3.05, 3.63) is 64.4 Å². The lowest BCUT2D eigenvalue weighted by atomic mass is 10.00. The van der Waals surface area contributed by atoms with Gasteiger partial charge in [-0.15, -0.1) is 0 Å². The van der Waals surface area contributed by atoms with Crippen LogP contribution in [-0.2, 0) is 19.4 Å². The molecule has 7 heteroatoms. The molecule has 1 aliphatic heterocycles. The third-order valence-corrected chi connectivity index (χ3v) is 5.20. The summed E-state index contributed by atoms with van der Waals surface area (Å²) < 4.78 is 0. The summed E-state index contributed by atoms with van der Waals surface area (Å²) in [6, 6.07) is 12.3. The quantitative estimate of drug-likeness (QED) is 0.350. The van der Waals surface area contributed by atoms with E-state index >= 15 is 0 Å². The predicted molar refractivity (Wildman–Crippen MR) is 118 cm³/mol. The molecule has 0 fully saturated rings. The molecule has 2 heterocycles. The van der Waals surface area contributed by atoms with Gasteiger partial charge in [0.1, 0.15) is 5.15 Å². The van der Waals surface area contributed by atoms with Crippen LogP contribution in [0.25, 0.3) is 0 Å². The zero-order valence-corrected chi connectivity index (χ0v) is 17.7. The van der Waals surface area contributed by atoms with Crippen molar-refractivity contribution in [3.8, 4) is 0 Å². The van der Waals surface area contributed by atoms with E-state index in [4.69, 9.17) is 11.6 Å². The van der Waals surface area contributed by atoms with E-state index in [0.717, 1.165) is 50.5 Å². The van der Waals surface area contributed by atoms with E-state index in [1.54, 1.807) is 12.3 Å². The summed E-state index contributed by atoms with van der Waals surface area (Å²) in [4.78, 5) is 10.9. The topological polar surface area (TPSA) is 72.8 Å². The minimum absolute atomic E-state index is 0.371. The fourth-order valence-electron chi connectivity index (χ4n) is 3.48. The van der Waals surface area contributed by atoms with Gasteiger partial charge in [-0.2, -0.15) is 0 Å². The Morgan fingerprint density at radius 3 is 2.83 bits per heavy atom. The molecule has 0 aliphatic carbocycles. The monoisotopic (exact) mass is 415 g/mol. The van der Waals surface area contributed by atoms with E-state index in [1.165, 1.54) is 11.1 Å². The Bertz CT molecular complexity index is 796. The van der Waals surface area contributed by atoms with Crippen molar-refractivity contribution < 1.29 is 5.11 Å². The van der Waals surface area contributed by atoms with Gasteiger partial charge in [-0.1, -0.05) is 41.9 Å². The van der Waals surface area contributed by atoms with Crippen LogP contribution in [0.15, 0.2) is 47.6 Å². The average molecular weight is 416 g/mol. The lowest BCUT2D eigenvalue weighted by molar-refractivity contribution is 0.111. The summed E-state index contributed by atoms with van der Waals surface area (Å²) in [5.74, 6) is 0.720. The second-order valence-corrected chi connectivity index (χ2v) is 7.68. The van der Waals surface area contributed by atoms with Crippen LogP contribution >= 0.6 is 11.6 Å². The maximum Gasteiger partial charge on any atom is 0.191 e. The highest BCUT2D eigenvalue weighted by atomic mass is 35.5. The molecule has 1 aliphatic rings. The molecule has 6 nitrogen and oxygen atoms in total. The Morgan fingerprint density at radius 2 is 2.07 bits per heavy atom. The number of aromatic nitrogens is 1. The van der Waals surface area contributed by atoms with Gasteiger partial charge < -0.3 is 15.7 Å². The smallest absolute Gasteiger partial charge is 0.191 e. The van der Waals surface area contributed by atoms with Gasteiger partial charge >= 0.3 is 0 Å². The first-order chi connectivity index (χ1) is 14.1. The molecular weight excluding hydrogens is 386 g/mol. The molecule has 0 saturated carbocycles. The fraction of sp³-hybridized carbons (Fsp3) is 0.455.